The molecular weight excluding hydrogens is 380 g/mol. The van der Waals surface area contributed by atoms with Crippen LogP contribution < -0.4 is 15.5 Å². The van der Waals surface area contributed by atoms with Crippen molar-refractivity contribution < 1.29 is 8.42 Å². The third kappa shape index (κ3) is 5.85. The second-order valence-corrected chi connectivity index (χ2v) is 8.57. The first kappa shape index (κ1) is 21.0. The van der Waals surface area contributed by atoms with Crippen molar-refractivity contribution in [3.8, 4) is 0 Å². The molecule has 0 aliphatic heterocycles. The third-order valence-electron chi connectivity index (χ3n) is 4.01. The Kier molecular flexibility index (Phi) is 7.06. The van der Waals surface area contributed by atoms with Crippen molar-refractivity contribution in [2.75, 3.05) is 12.4 Å². The SMILES string of the molecule is CNS(=O)(=O)c1ccc(/C(C)=N\NC(=S)Nc2ccc(C(C)C)cc2)cc1. The molecule has 0 saturated carbocycles. The van der Waals surface area contributed by atoms with Gasteiger partial charge in [-0.2, -0.15) is 5.10 Å². The van der Waals surface area contributed by atoms with Gasteiger partial charge in [-0.15, -0.1) is 0 Å². The van der Waals surface area contributed by atoms with Crippen LogP contribution in [0.5, 0.6) is 0 Å². The van der Waals surface area contributed by atoms with Crippen molar-refractivity contribution in [2.45, 2.75) is 31.6 Å². The first-order valence-electron chi connectivity index (χ1n) is 8.48. The summed E-state index contributed by atoms with van der Waals surface area (Å²) in [5, 5.41) is 7.70. The minimum absolute atomic E-state index is 0.205. The summed E-state index contributed by atoms with van der Waals surface area (Å²) in [6.07, 6.45) is 0. The highest BCUT2D eigenvalue weighted by Gasteiger charge is 2.11. The van der Waals surface area contributed by atoms with Crippen LogP contribution in [-0.2, 0) is 10.0 Å². The van der Waals surface area contributed by atoms with Gasteiger partial charge in [0.15, 0.2) is 5.11 Å². The summed E-state index contributed by atoms with van der Waals surface area (Å²) in [6, 6.07) is 14.5. The maximum absolute atomic E-state index is 11.7. The molecule has 0 aliphatic rings. The van der Waals surface area contributed by atoms with Gasteiger partial charge < -0.3 is 5.32 Å². The van der Waals surface area contributed by atoms with Crippen molar-refractivity contribution in [1.82, 2.24) is 10.1 Å². The Morgan fingerprint density at radius 3 is 2.15 bits per heavy atom. The van der Waals surface area contributed by atoms with E-state index in [9.17, 15) is 8.42 Å². The van der Waals surface area contributed by atoms with Gasteiger partial charge >= 0.3 is 0 Å². The summed E-state index contributed by atoms with van der Waals surface area (Å²) >= 11 is 5.26. The number of sulfonamides is 1. The van der Waals surface area contributed by atoms with Crippen LogP contribution >= 0.6 is 12.2 Å². The van der Waals surface area contributed by atoms with Crippen molar-refractivity contribution in [2.24, 2.45) is 5.10 Å². The Balaban J connectivity index is 1.99. The molecule has 0 amide bonds. The molecule has 2 rings (SSSR count). The van der Waals surface area contributed by atoms with Gasteiger partial charge in [-0.1, -0.05) is 38.1 Å². The second-order valence-electron chi connectivity index (χ2n) is 6.27. The molecule has 0 bridgehead atoms. The van der Waals surface area contributed by atoms with E-state index in [0.29, 0.717) is 16.7 Å². The van der Waals surface area contributed by atoms with Crippen molar-refractivity contribution >= 4 is 38.8 Å². The summed E-state index contributed by atoms with van der Waals surface area (Å²) in [5.41, 5.74) is 6.42. The van der Waals surface area contributed by atoms with Crippen LogP contribution in [0.4, 0.5) is 5.69 Å². The standard InChI is InChI=1S/C19H24N4O2S2/c1-13(2)15-5-9-17(10-6-15)21-19(26)23-22-14(3)16-7-11-18(12-8-16)27(24,25)20-4/h5-13,20H,1-4H3,(H2,21,23,26)/b22-14-. The van der Waals surface area contributed by atoms with Crippen LogP contribution in [-0.4, -0.2) is 26.3 Å². The summed E-state index contributed by atoms with van der Waals surface area (Å²) in [4.78, 5) is 0.205. The molecule has 0 saturated heterocycles. The Morgan fingerprint density at radius 2 is 1.63 bits per heavy atom. The molecule has 3 N–H and O–H groups in total. The quantitative estimate of drug-likeness (QED) is 0.390. The molecule has 2 aromatic carbocycles. The molecule has 0 heterocycles. The summed E-state index contributed by atoms with van der Waals surface area (Å²) in [5.74, 6) is 0.478. The topological polar surface area (TPSA) is 82.6 Å². The molecule has 0 radical (unpaired) electrons. The minimum atomic E-state index is -3.45. The minimum Gasteiger partial charge on any atom is -0.331 e. The average molecular weight is 405 g/mol. The van der Waals surface area contributed by atoms with E-state index in [1.807, 2.05) is 19.1 Å². The van der Waals surface area contributed by atoms with E-state index >= 15 is 0 Å². The zero-order valence-electron chi connectivity index (χ0n) is 15.8. The third-order valence-corrected chi connectivity index (χ3v) is 5.64. The highest BCUT2D eigenvalue weighted by Crippen LogP contribution is 2.17. The molecule has 0 atom stereocenters. The van der Waals surface area contributed by atoms with Crippen molar-refractivity contribution in [3.05, 3.63) is 59.7 Å². The maximum atomic E-state index is 11.7. The largest absolute Gasteiger partial charge is 0.331 e. The van der Waals surface area contributed by atoms with E-state index in [4.69, 9.17) is 12.2 Å². The molecule has 0 aliphatic carbocycles. The Morgan fingerprint density at radius 1 is 1.04 bits per heavy atom. The van der Waals surface area contributed by atoms with Gasteiger partial charge in [-0.25, -0.2) is 13.1 Å². The van der Waals surface area contributed by atoms with Gasteiger partial charge in [-0.3, -0.25) is 5.43 Å². The lowest BCUT2D eigenvalue weighted by atomic mass is 10.0. The van der Waals surface area contributed by atoms with Crippen LogP contribution in [0.2, 0.25) is 0 Å². The van der Waals surface area contributed by atoms with Gasteiger partial charge in [0.1, 0.15) is 0 Å². The second kappa shape index (κ2) is 9.07. The monoisotopic (exact) mass is 404 g/mol. The van der Waals surface area contributed by atoms with E-state index < -0.39 is 10.0 Å². The van der Waals surface area contributed by atoms with Crippen LogP contribution in [0.25, 0.3) is 0 Å². The summed E-state index contributed by atoms with van der Waals surface area (Å²) < 4.78 is 25.8. The smallest absolute Gasteiger partial charge is 0.240 e. The van der Waals surface area contributed by atoms with E-state index in [1.165, 1.54) is 24.7 Å². The van der Waals surface area contributed by atoms with Gasteiger partial charge in [-0.05, 0) is 67.5 Å². The molecule has 8 heteroatoms. The Hall–Kier alpha value is -2.29. The van der Waals surface area contributed by atoms with Gasteiger partial charge in [0.2, 0.25) is 10.0 Å². The zero-order chi connectivity index (χ0) is 20.0. The van der Waals surface area contributed by atoms with Gasteiger partial charge in [0.05, 0.1) is 10.6 Å². The predicted molar refractivity (Wildman–Crippen MR) is 115 cm³/mol. The van der Waals surface area contributed by atoms with E-state index in [1.54, 1.807) is 12.1 Å². The van der Waals surface area contributed by atoms with Crippen LogP contribution in [0.1, 0.15) is 37.8 Å². The number of nitrogens with one attached hydrogen (secondary N) is 3. The maximum Gasteiger partial charge on any atom is 0.240 e. The fourth-order valence-corrected chi connectivity index (χ4v) is 3.20. The fourth-order valence-electron chi connectivity index (χ4n) is 2.30. The predicted octanol–water partition coefficient (Wildman–Crippen LogP) is 3.43. The van der Waals surface area contributed by atoms with Crippen LogP contribution in [0.15, 0.2) is 58.5 Å². The molecular formula is C19H24N4O2S2. The lowest BCUT2D eigenvalue weighted by Crippen LogP contribution is -2.25. The molecule has 0 spiro atoms. The number of nitrogens with zero attached hydrogens (tertiary/aromatic N) is 1. The molecule has 0 aromatic heterocycles. The lowest BCUT2D eigenvalue weighted by molar-refractivity contribution is 0.588. The van der Waals surface area contributed by atoms with Crippen LogP contribution in [0.3, 0.4) is 0 Å². The summed E-state index contributed by atoms with van der Waals surface area (Å²) in [6.45, 7) is 6.11. The van der Waals surface area contributed by atoms with E-state index in [2.05, 4.69) is 46.5 Å². The number of anilines is 1. The molecule has 2 aromatic rings. The molecule has 0 unspecified atom stereocenters. The van der Waals surface area contributed by atoms with Gasteiger partial charge in [0, 0.05) is 5.69 Å². The van der Waals surface area contributed by atoms with E-state index in [-0.39, 0.29) is 4.90 Å². The number of rotatable bonds is 6. The summed E-state index contributed by atoms with van der Waals surface area (Å²) in [7, 11) is -2.07. The molecule has 27 heavy (non-hydrogen) atoms. The molecule has 144 valence electrons. The Bertz CT molecular complexity index is 919. The normalized spacial score (nSPS) is 12.1. The fraction of sp³-hybridized carbons (Fsp3) is 0.263. The van der Waals surface area contributed by atoms with Gasteiger partial charge in [0.25, 0.3) is 0 Å². The average Bonchev–Trinajstić information content (AvgIpc) is 2.66. The highest BCUT2D eigenvalue weighted by atomic mass is 32.2. The number of hydrogen-bond acceptors (Lipinski definition) is 4. The highest BCUT2D eigenvalue weighted by molar-refractivity contribution is 7.89. The van der Waals surface area contributed by atoms with Crippen molar-refractivity contribution in [1.29, 1.82) is 0 Å². The number of thiocarbonyl (C=S) groups is 1. The first-order valence-corrected chi connectivity index (χ1v) is 10.4. The number of hydrazone groups is 1. The zero-order valence-corrected chi connectivity index (χ0v) is 17.4. The number of benzene rings is 2. The Labute approximate surface area is 166 Å². The van der Waals surface area contributed by atoms with Crippen LogP contribution in [0, 0.1) is 0 Å². The lowest BCUT2D eigenvalue weighted by Gasteiger charge is -2.10. The number of hydrogen-bond donors (Lipinski definition) is 3. The van der Waals surface area contributed by atoms with Crippen molar-refractivity contribution in [3.63, 3.8) is 0 Å². The first-order chi connectivity index (χ1) is 12.7. The van der Waals surface area contributed by atoms with E-state index in [0.717, 1.165) is 11.3 Å². The molecule has 0 fully saturated rings. The molecule has 6 nitrogen and oxygen atoms in total.